The van der Waals surface area contributed by atoms with Crippen LogP contribution in [0.1, 0.15) is 44.7 Å². The molecule has 2 heteroatoms. The van der Waals surface area contributed by atoms with Crippen molar-refractivity contribution in [3.63, 3.8) is 0 Å². The molecule has 3 unspecified atom stereocenters. The zero-order chi connectivity index (χ0) is 14.8. The van der Waals surface area contributed by atoms with Gasteiger partial charge in [0.15, 0.2) is 0 Å². The molecule has 1 nitrogen and oxygen atoms in total. The minimum absolute atomic E-state index is 0.440. The predicted molar refractivity (Wildman–Crippen MR) is 91.9 cm³/mol. The van der Waals surface area contributed by atoms with Crippen LogP contribution in [0.15, 0.2) is 36.4 Å². The number of benzene rings is 2. The summed E-state index contributed by atoms with van der Waals surface area (Å²) in [5, 5.41) is 7.06. The van der Waals surface area contributed by atoms with Gasteiger partial charge in [-0.15, -0.1) is 0 Å². The van der Waals surface area contributed by atoms with Crippen LogP contribution in [-0.2, 0) is 0 Å². The largest absolute Gasteiger partial charge is 0.310 e. The van der Waals surface area contributed by atoms with E-state index in [4.69, 9.17) is 11.6 Å². The summed E-state index contributed by atoms with van der Waals surface area (Å²) in [6.45, 7) is 5.61. The Morgan fingerprint density at radius 3 is 2.57 bits per heavy atom. The smallest absolute Gasteiger partial charge is 0.0484 e. The number of hydrogen-bond donors (Lipinski definition) is 1. The minimum Gasteiger partial charge on any atom is -0.310 e. The van der Waals surface area contributed by atoms with Crippen molar-refractivity contribution in [2.75, 3.05) is 6.54 Å². The Kier molecular flexibility index (Phi) is 4.51. The van der Waals surface area contributed by atoms with Gasteiger partial charge in [-0.2, -0.15) is 0 Å². The van der Waals surface area contributed by atoms with Crippen LogP contribution >= 0.6 is 11.6 Å². The van der Waals surface area contributed by atoms with Crippen LogP contribution < -0.4 is 5.32 Å². The van der Waals surface area contributed by atoms with E-state index in [1.807, 2.05) is 0 Å². The van der Waals surface area contributed by atoms with Crippen LogP contribution in [0.3, 0.4) is 0 Å². The normalized spacial score (nSPS) is 23.6. The van der Waals surface area contributed by atoms with Gasteiger partial charge in [0, 0.05) is 16.5 Å². The van der Waals surface area contributed by atoms with Crippen molar-refractivity contribution in [1.29, 1.82) is 0 Å². The number of rotatable bonds is 4. The van der Waals surface area contributed by atoms with Gasteiger partial charge in [0.2, 0.25) is 0 Å². The van der Waals surface area contributed by atoms with Crippen molar-refractivity contribution in [1.82, 2.24) is 5.32 Å². The molecule has 0 spiro atoms. The topological polar surface area (TPSA) is 12.0 Å². The van der Waals surface area contributed by atoms with Gasteiger partial charge in [0.25, 0.3) is 0 Å². The molecule has 0 amide bonds. The fraction of sp³-hybridized carbons (Fsp3) is 0.474. The second-order valence-corrected chi connectivity index (χ2v) is 6.70. The van der Waals surface area contributed by atoms with E-state index < -0.39 is 0 Å². The van der Waals surface area contributed by atoms with Crippen molar-refractivity contribution in [2.45, 2.75) is 39.2 Å². The highest BCUT2D eigenvalue weighted by Gasteiger charge is 2.32. The van der Waals surface area contributed by atoms with Crippen LogP contribution in [0.2, 0.25) is 5.02 Å². The Labute approximate surface area is 132 Å². The van der Waals surface area contributed by atoms with Gasteiger partial charge in [-0.3, -0.25) is 0 Å². The summed E-state index contributed by atoms with van der Waals surface area (Å²) in [5.74, 6) is 1.53. The molecule has 0 bridgehead atoms. The zero-order valence-corrected chi connectivity index (χ0v) is 13.7. The van der Waals surface area contributed by atoms with Crippen LogP contribution in [0.5, 0.6) is 0 Å². The van der Waals surface area contributed by atoms with Crippen molar-refractivity contribution in [3.8, 4) is 0 Å². The first-order chi connectivity index (χ1) is 10.2. The van der Waals surface area contributed by atoms with Gasteiger partial charge in [-0.25, -0.2) is 0 Å². The van der Waals surface area contributed by atoms with Gasteiger partial charge < -0.3 is 5.32 Å². The molecule has 0 radical (unpaired) electrons. The summed E-state index contributed by atoms with van der Waals surface area (Å²) in [5.41, 5.74) is 1.41. The quantitative estimate of drug-likeness (QED) is 0.777. The lowest BCUT2D eigenvalue weighted by molar-refractivity contribution is 0.307. The molecule has 0 saturated heterocycles. The second-order valence-electron chi connectivity index (χ2n) is 6.29. The Balaban J connectivity index is 2.09. The van der Waals surface area contributed by atoms with Crippen LogP contribution in [0.25, 0.3) is 10.8 Å². The molecule has 1 N–H and O–H groups in total. The molecule has 1 aliphatic rings. The summed E-state index contributed by atoms with van der Waals surface area (Å²) in [6, 6.07) is 13.2. The van der Waals surface area contributed by atoms with Gasteiger partial charge in [0.05, 0.1) is 0 Å². The maximum atomic E-state index is 6.38. The fourth-order valence-corrected chi connectivity index (χ4v) is 4.17. The zero-order valence-electron chi connectivity index (χ0n) is 12.9. The minimum atomic E-state index is 0.440. The Morgan fingerprint density at radius 2 is 1.90 bits per heavy atom. The molecule has 1 fully saturated rings. The molecule has 1 saturated carbocycles. The van der Waals surface area contributed by atoms with Crippen molar-refractivity contribution in [2.24, 2.45) is 11.8 Å². The standard InChI is InChI=1S/C19H24ClN/c1-3-21-19(14-10-6-7-13(14)2)17-11-12-18(20)16-9-5-4-8-15(16)17/h4-5,8-9,11-14,19,21H,3,6-7,10H2,1-2H3. The second kappa shape index (κ2) is 6.37. The third kappa shape index (κ3) is 2.82. The highest BCUT2D eigenvalue weighted by atomic mass is 35.5. The van der Waals surface area contributed by atoms with E-state index in [1.54, 1.807) is 0 Å². The van der Waals surface area contributed by atoms with Crippen LogP contribution in [0.4, 0.5) is 0 Å². The number of halogens is 1. The fourth-order valence-electron chi connectivity index (χ4n) is 3.94. The van der Waals surface area contributed by atoms with E-state index in [0.717, 1.165) is 23.4 Å². The van der Waals surface area contributed by atoms with Crippen LogP contribution in [0, 0.1) is 11.8 Å². The molecule has 1 aliphatic carbocycles. The Hall–Kier alpha value is -1.05. The third-order valence-corrected chi connectivity index (χ3v) is 5.35. The van der Waals surface area contributed by atoms with Crippen molar-refractivity contribution in [3.05, 3.63) is 47.0 Å². The van der Waals surface area contributed by atoms with E-state index in [9.17, 15) is 0 Å². The Morgan fingerprint density at radius 1 is 1.14 bits per heavy atom. The van der Waals surface area contributed by atoms with E-state index in [0.29, 0.717) is 6.04 Å². The highest BCUT2D eigenvalue weighted by molar-refractivity contribution is 6.35. The summed E-state index contributed by atoms with van der Waals surface area (Å²) >= 11 is 6.38. The van der Waals surface area contributed by atoms with E-state index >= 15 is 0 Å². The average molecular weight is 302 g/mol. The van der Waals surface area contributed by atoms with E-state index in [2.05, 4.69) is 55.6 Å². The highest BCUT2D eigenvalue weighted by Crippen LogP contribution is 2.42. The number of fused-ring (bicyclic) bond motifs is 1. The predicted octanol–water partition coefficient (Wildman–Crippen LogP) is 5.58. The van der Waals surface area contributed by atoms with E-state index in [-0.39, 0.29) is 0 Å². The molecular formula is C19H24ClN. The molecule has 3 rings (SSSR count). The summed E-state index contributed by atoms with van der Waals surface area (Å²) in [6.07, 6.45) is 4.05. The number of nitrogens with one attached hydrogen (secondary N) is 1. The summed E-state index contributed by atoms with van der Waals surface area (Å²) in [4.78, 5) is 0. The Bertz CT molecular complexity index is 622. The lowest BCUT2D eigenvalue weighted by Crippen LogP contribution is -2.29. The van der Waals surface area contributed by atoms with Gasteiger partial charge >= 0.3 is 0 Å². The average Bonchev–Trinajstić information content (AvgIpc) is 2.92. The van der Waals surface area contributed by atoms with Crippen molar-refractivity contribution < 1.29 is 0 Å². The molecule has 112 valence electrons. The maximum Gasteiger partial charge on any atom is 0.0484 e. The summed E-state index contributed by atoms with van der Waals surface area (Å²) in [7, 11) is 0. The van der Waals surface area contributed by atoms with Gasteiger partial charge in [-0.1, -0.05) is 68.6 Å². The SMILES string of the molecule is CCNC(c1ccc(Cl)c2ccccc12)C1CCCC1C. The van der Waals surface area contributed by atoms with Gasteiger partial charge in [-0.05, 0) is 41.8 Å². The molecule has 0 heterocycles. The monoisotopic (exact) mass is 301 g/mol. The maximum absolute atomic E-state index is 6.38. The molecule has 21 heavy (non-hydrogen) atoms. The molecule has 3 atom stereocenters. The first-order valence-corrected chi connectivity index (χ1v) is 8.50. The number of hydrogen-bond acceptors (Lipinski definition) is 1. The summed E-state index contributed by atoms with van der Waals surface area (Å²) < 4.78 is 0. The van der Waals surface area contributed by atoms with Gasteiger partial charge in [0.1, 0.15) is 0 Å². The third-order valence-electron chi connectivity index (χ3n) is 5.02. The molecule has 0 aliphatic heterocycles. The van der Waals surface area contributed by atoms with Crippen LogP contribution in [-0.4, -0.2) is 6.54 Å². The first-order valence-electron chi connectivity index (χ1n) is 8.13. The van der Waals surface area contributed by atoms with E-state index in [1.165, 1.54) is 35.6 Å². The van der Waals surface area contributed by atoms with Crippen molar-refractivity contribution >= 4 is 22.4 Å². The molecular weight excluding hydrogens is 278 g/mol. The molecule has 0 aromatic heterocycles. The molecule has 2 aromatic rings. The lowest BCUT2D eigenvalue weighted by atomic mass is 9.84. The molecule has 2 aromatic carbocycles. The lowest BCUT2D eigenvalue weighted by Gasteiger charge is -2.29. The first kappa shape index (κ1) is 14.9.